The second kappa shape index (κ2) is 6.93. The van der Waals surface area contributed by atoms with E-state index < -0.39 is 0 Å². The molecule has 1 aromatic carbocycles. The molecule has 2 heterocycles. The highest BCUT2D eigenvalue weighted by Gasteiger charge is 2.20. The average Bonchev–Trinajstić information content (AvgIpc) is 2.93. The van der Waals surface area contributed by atoms with Gasteiger partial charge in [0.2, 0.25) is 5.96 Å². The van der Waals surface area contributed by atoms with Gasteiger partial charge in [0.25, 0.3) is 11.8 Å². The van der Waals surface area contributed by atoms with E-state index in [0.717, 1.165) is 5.56 Å². The second-order valence-electron chi connectivity index (χ2n) is 4.81. The van der Waals surface area contributed by atoms with Crippen LogP contribution in [0.4, 0.5) is 0 Å². The first-order valence-electron chi connectivity index (χ1n) is 6.95. The van der Waals surface area contributed by atoms with Crippen LogP contribution in [-0.4, -0.2) is 22.8 Å². The first-order chi connectivity index (χ1) is 11.6. The zero-order chi connectivity index (χ0) is 16.9. The Hall–Kier alpha value is -3.19. The lowest BCUT2D eigenvalue weighted by molar-refractivity contribution is -0.115. The van der Waals surface area contributed by atoms with E-state index in [0.29, 0.717) is 10.6 Å². The summed E-state index contributed by atoms with van der Waals surface area (Å²) in [5, 5.41) is 3.08. The van der Waals surface area contributed by atoms with Crippen LogP contribution >= 0.6 is 11.6 Å². The van der Waals surface area contributed by atoms with E-state index in [1.54, 1.807) is 42.5 Å². The average molecular weight is 342 g/mol. The number of carbonyl (C=O) groups is 2. The molecule has 0 radical (unpaired) electrons. The molecule has 0 bridgehead atoms. The Morgan fingerprint density at radius 1 is 1.21 bits per heavy atom. The molecular weight excluding hydrogens is 330 g/mol. The van der Waals surface area contributed by atoms with Crippen LogP contribution in [0.3, 0.4) is 0 Å². The van der Waals surface area contributed by atoms with Crippen LogP contribution in [0, 0.1) is 0 Å². The maximum Gasteiger partial charge on any atom is 0.276 e. The van der Waals surface area contributed by atoms with Gasteiger partial charge < -0.3 is 0 Å². The van der Waals surface area contributed by atoms with Gasteiger partial charge in [-0.2, -0.15) is 0 Å². The zero-order valence-corrected chi connectivity index (χ0v) is 13.0. The number of hydrogen-bond donors (Lipinski definition) is 3. The number of hydrogen-bond acceptors (Lipinski definition) is 5. The topological polar surface area (TPSA) is 95.5 Å². The van der Waals surface area contributed by atoms with E-state index >= 15 is 0 Å². The molecular formula is C16H12ClN5O2. The number of rotatable bonds is 2. The van der Waals surface area contributed by atoms with Gasteiger partial charge in [0.1, 0.15) is 5.70 Å². The van der Waals surface area contributed by atoms with Crippen LogP contribution in [0.15, 0.2) is 59.5 Å². The lowest BCUT2D eigenvalue weighted by Gasteiger charge is -2.06. The van der Waals surface area contributed by atoms with Crippen LogP contribution in [0.5, 0.6) is 0 Å². The summed E-state index contributed by atoms with van der Waals surface area (Å²) in [7, 11) is 0. The fourth-order valence-electron chi connectivity index (χ4n) is 1.97. The van der Waals surface area contributed by atoms with E-state index in [9.17, 15) is 9.59 Å². The molecule has 0 saturated heterocycles. The molecule has 0 aliphatic carbocycles. The fraction of sp³-hybridized carbons (Fsp3) is 0. The highest BCUT2D eigenvalue weighted by Crippen LogP contribution is 2.15. The van der Waals surface area contributed by atoms with Crippen LogP contribution in [-0.2, 0) is 4.79 Å². The molecule has 120 valence electrons. The van der Waals surface area contributed by atoms with Crippen LogP contribution in [0.1, 0.15) is 15.9 Å². The molecule has 3 rings (SSSR count). The Balaban J connectivity index is 1.67. The maximum absolute atomic E-state index is 11.9. The molecule has 1 aliphatic heterocycles. The highest BCUT2D eigenvalue weighted by molar-refractivity contribution is 6.30. The zero-order valence-electron chi connectivity index (χ0n) is 12.3. The monoisotopic (exact) mass is 341 g/mol. The van der Waals surface area contributed by atoms with Gasteiger partial charge in [0.05, 0.1) is 0 Å². The van der Waals surface area contributed by atoms with Crippen molar-refractivity contribution in [2.75, 3.05) is 0 Å². The number of aliphatic imine (C=N–C) groups is 1. The predicted octanol–water partition coefficient (Wildman–Crippen LogP) is 1.50. The molecule has 24 heavy (non-hydrogen) atoms. The van der Waals surface area contributed by atoms with Gasteiger partial charge in [0, 0.05) is 23.0 Å². The number of nitrogens with one attached hydrogen (secondary N) is 3. The van der Waals surface area contributed by atoms with E-state index in [-0.39, 0.29) is 23.5 Å². The number of pyridine rings is 1. The number of carbonyl (C=O) groups excluding carboxylic acids is 2. The minimum atomic E-state index is -0.379. The molecule has 1 aliphatic rings. The van der Waals surface area contributed by atoms with Gasteiger partial charge in [-0.3, -0.25) is 30.7 Å². The van der Waals surface area contributed by atoms with E-state index in [1.165, 1.54) is 12.4 Å². The Morgan fingerprint density at radius 2 is 2.00 bits per heavy atom. The van der Waals surface area contributed by atoms with Crippen molar-refractivity contribution >= 4 is 35.5 Å². The minimum absolute atomic E-state index is 0.135. The van der Waals surface area contributed by atoms with Gasteiger partial charge in [-0.25, -0.2) is 4.99 Å². The Labute approximate surface area is 142 Å². The van der Waals surface area contributed by atoms with Crippen molar-refractivity contribution < 1.29 is 9.59 Å². The third-order valence-electron chi connectivity index (χ3n) is 3.09. The van der Waals surface area contributed by atoms with Crippen LogP contribution < -0.4 is 16.2 Å². The van der Waals surface area contributed by atoms with Crippen molar-refractivity contribution in [1.82, 2.24) is 21.2 Å². The van der Waals surface area contributed by atoms with Crippen molar-refractivity contribution in [2.24, 2.45) is 4.99 Å². The third kappa shape index (κ3) is 3.76. The number of amides is 2. The summed E-state index contributed by atoms with van der Waals surface area (Å²) >= 11 is 5.91. The molecule has 0 spiro atoms. The van der Waals surface area contributed by atoms with E-state index in [4.69, 9.17) is 11.6 Å². The van der Waals surface area contributed by atoms with Crippen molar-refractivity contribution in [2.45, 2.75) is 0 Å². The lowest BCUT2D eigenvalue weighted by Crippen LogP contribution is -2.47. The first kappa shape index (κ1) is 15.7. The molecule has 1 aromatic heterocycles. The lowest BCUT2D eigenvalue weighted by atomic mass is 10.2. The Kier molecular flexibility index (Phi) is 4.53. The van der Waals surface area contributed by atoms with E-state index in [2.05, 4.69) is 26.1 Å². The second-order valence-corrected chi connectivity index (χ2v) is 5.25. The molecule has 0 atom stereocenters. The molecule has 0 unspecified atom stereocenters. The summed E-state index contributed by atoms with van der Waals surface area (Å²) in [5.41, 5.74) is 6.40. The molecule has 0 fully saturated rings. The predicted molar refractivity (Wildman–Crippen MR) is 89.8 cm³/mol. The maximum atomic E-state index is 11.9. The Bertz CT molecular complexity index is 849. The number of hydrazine groups is 1. The third-order valence-corrected chi connectivity index (χ3v) is 3.32. The van der Waals surface area contributed by atoms with Gasteiger partial charge in [0.15, 0.2) is 0 Å². The number of aromatic nitrogens is 1. The SMILES string of the molecule is O=C1NC(NNC(=O)c2ccncc2)=N/C1=C\c1cccc(Cl)c1. The van der Waals surface area contributed by atoms with E-state index in [1.807, 2.05) is 0 Å². The van der Waals surface area contributed by atoms with Crippen molar-refractivity contribution in [3.63, 3.8) is 0 Å². The molecule has 2 aromatic rings. The first-order valence-corrected chi connectivity index (χ1v) is 7.33. The number of guanidine groups is 1. The number of benzene rings is 1. The normalized spacial score (nSPS) is 15.0. The summed E-state index contributed by atoms with van der Waals surface area (Å²) in [6.45, 7) is 0. The van der Waals surface area contributed by atoms with Crippen LogP contribution in [0.2, 0.25) is 5.02 Å². The molecule has 7 nitrogen and oxygen atoms in total. The fourth-order valence-corrected chi connectivity index (χ4v) is 2.17. The smallest absolute Gasteiger partial charge is 0.276 e. The molecule has 3 N–H and O–H groups in total. The van der Waals surface area contributed by atoms with Crippen LogP contribution in [0.25, 0.3) is 6.08 Å². The van der Waals surface area contributed by atoms with Gasteiger partial charge in [-0.15, -0.1) is 0 Å². The van der Waals surface area contributed by atoms with Crippen molar-refractivity contribution in [3.8, 4) is 0 Å². The largest absolute Gasteiger partial charge is 0.290 e. The molecule has 2 amide bonds. The number of nitrogens with zero attached hydrogens (tertiary/aromatic N) is 2. The standard InChI is InChI=1S/C16H12ClN5O2/c17-12-3-1-2-10(8-12)9-13-15(24)20-16(19-13)22-21-14(23)11-4-6-18-7-5-11/h1-9H,(H,21,23)(H2,19,20,22,24)/b13-9-. The van der Waals surface area contributed by atoms with Gasteiger partial charge in [-0.1, -0.05) is 23.7 Å². The van der Waals surface area contributed by atoms with Crippen molar-refractivity contribution in [3.05, 3.63) is 70.6 Å². The van der Waals surface area contributed by atoms with Gasteiger partial charge >= 0.3 is 0 Å². The highest BCUT2D eigenvalue weighted by atomic mass is 35.5. The molecule has 8 heteroatoms. The number of halogens is 1. The van der Waals surface area contributed by atoms with Crippen molar-refractivity contribution in [1.29, 1.82) is 0 Å². The van der Waals surface area contributed by atoms with Gasteiger partial charge in [-0.05, 0) is 35.9 Å². The molecule has 0 saturated carbocycles. The summed E-state index contributed by atoms with van der Waals surface area (Å²) in [6, 6.07) is 10.2. The quantitative estimate of drug-likeness (QED) is 0.569. The minimum Gasteiger partial charge on any atom is -0.290 e. The summed E-state index contributed by atoms with van der Waals surface area (Å²) in [5.74, 6) is -0.618. The summed E-state index contributed by atoms with van der Waals surface area (Å²) < 4.78 is 0. The Morgan fingerprint density at radius 3 is 2.75 bits per heavy atom. The summed E-state index contributed by atoms with van der Waals surface area (Å²) in [6.07, 6.45) is 4.62. The summed E-state index contributed by atoms with van der Waals surface area (Å²) in [4.78, 5) is 31.7.